The van der Waals surface area contributed by atoms with Gasteiger partial charge in [0, 0.05) is 0 Å². The Morgan fingerprint density at radius 2 is 1.52 bits per heavy atom. The molecule has 2 aromatic carbocycles. The number of hydrogen-bond acceptors (Lipinski definition) is 3. The summed E-state index contributed by atoms with van der Waals surface area (Å²) in [5, 5.41) is 0. The lowest BCUT2D eigenvalue weighted by Gasteiger charge is -2.06. The molecule has 0 spiro atoms. The minimum atomic E-state index is -0.358. The molecule has 0 unspecified atom stereocenters. The van der Waals surface area contributed by atoms with Crippen molar-refractivity contribution in [1.82, 2.24) is 0 Å². The summed E-state index contributed by atoms with van der Waals surface area (Å²) in [5.41, 5.74) is 1.79. The summed E-state index contributed by atoms with van der Waals surface area (Å²) in [6.07, 6.45) is 6.09. The van der Waals surface area contributed by atoms with E-state index in [1.54, 1.807) is 31.4 Å². The Hall–Kier alpha value is -2.29. The van der Waals surface area contributed by atoms with Crippen LogP contribution in [0.5, 0.6) is 11.5 Å². The summed E-state index contributed by atoms with van der Waals surface area (Å²) in [6.45, 7) is 2.21. The van der Waals surface area contributed by atoms with Crippen LogP contribution in [0.15, 0.2) is 48.5 Å². The van der Waals surface area contributed by atoms with Crippen LogP contribution in [0, 0.1) is 0 Å². The van der Waals surface area contributed by atoms with Gasteiger partial charge in [0.15, 0.2) is 0 Å². The highest BCUT2D eigenvalue weighted by Gasteiger charge is 2.08. The van der Waals surface area contributed by atoms with Crippen LogP contribution in [0.3, 0.4) is 0 Å². The molecule has 0 saturated carbocycles. The molecular weight excluding hydrogens is 288 g/mol. The molecule has 0 aliphatic carbocycles. The van der Waals surface area contributed by atoms with Gasteiger partial charge in [-0.3, -0.25) is 0 Å². The van der Waals surface area contributed by atoms with Gasteiger partial charge in [-0.05, 0) is 54.8 Å². The molecule has 23 heavy (non-hydrogen) atoms. The van der Waals surface area contributed by atoms with Crippen molar-refractivity contribution in [3.8, 4) is 11.5 Å². The summed E-state index contributed by atoms with van der Waals surface area (Å²) in [7, 11) is 1.59. The van der Waals surface area contributed by atoms with Crippen LogP contribution in [0.2, 0.25) is 0 Å². The van der Waals surface area contributed by atoms with Crippen molar-refractivity contribution in [3.63, 3.8) is 0 Å². The molecule has 0 saturated heterocycles. The average Bonchev–Trinajstić information content (AvgIpc) is 2.60. The zero-order valence-corrected chi connectivity index (χ0v) is 13.9. The first-order valence-corrected chi connectivity index (χ1v) is 8.18. The normalized spacial score (nSPS) is 10.3. The third kappa shape index (κ3) is 5.44. The lowest BCUT2D eigenvalue weighted by Crippen LogP contribution is -2.08. The van der Waals surface area contributed by atoms with Crippen molar-refractivity contribution in [3.05, 3.63) is 59.7 Å². The highest BCUT2D eigenvalue weighted by molar-refractivity contribution is 5.91. The van der Waals surface area contributed by atoms with Crippen LogP contribution in [0.4, 0.5) is 0 Å². The number of ether oxygens (including phenoxy) is 2. The Kier molecular flexibility index (Phi) is 6.67. The fourth-order valence-electron chi connectivity index (χ4n) is 2.37. The van der Waals surface area contributed by atoms with Gasteiger partial charge in [-0.15, -0.1) is 0 Å². The van der Waals surface area contributed by atoms with E-state index in [0.717, 1.165) is 6.42 Å². The molecule has 0 aromatic heterocycles. The second-order valence-corrected chi connectivity index (χ2v) is 5.57. The maximum atomic E-state index is 12.1. The number of esters is 1. The predicted molar refractivity (Wildman–Crippen MR) is 92.2 cm³/mol. The van der Waals surface area contributed by atoms with E-state index < -0.39 is 0 Å². The maximum absolute atomic E-state index is 12.1. The van der Waals surface area contributed by atoms with Crippen molar-refractivity contribution < 1.29 is 14.3 Å². The van der Waals surface area contributed by atoms with E-state index in [1.165, 1.54) is 31.2 Å². The molecule has 122 valence electrons. The van der Waals surface area contributed by atoms with Gasteiger partial charge in [0.1, 0.15) is 11.5 Å². The Bertz CT molecular complexity index is 600. The summed E-state index contributed by atoms with van der Waals surface area (Å²) in [5.74, 6) is 0.931. The molecule has 0 N–H and O–H groups in total. The summed E-state index contributed by atoms with van der Waals surface area (Å²) < 4.78 is 10.5. The number of carbonyl (C=O) groups is 1. The van der Waals surface area contributed by atoms with Crippen molar-refractivity contribution >= 4 is 5.97 Å². The van der Waals surface area contributed by atoms with Crippen molar-refractivity contribution in [2.75, 3.05) is 7.11 Å². The molecule has 3 heteroatoms. The Morgan fingerprint density at radius 1 is 0.870 bits per heavy atom. The van der Waals surface area contributed by atoms with Gasteiger partial charge in [-0.2, -0.15) is 0 Å². The standard InChI is InChI=1S/C20H24O3/c1-3-4-5-6-7-16-8-12-19(13-9-16)23-20(21)17-10-14-18(22-2)15-11-17/h8-15H,3-7H2,1-2H3. The Morgan fingerprint density at radius 3 is 2.13 bits per heavy atom. The lowest BCUT2D eigenvalue weighted by molar-refractivity contribution is 0.0734. The van der Waals surface area contributed by atoms with E-state index in [-0.39, 0.29) is 5.97 Å². The molecule has 0 heterocycles. The zero-order valence-electron chi connectivity index (χ0n) is 13.9. The van der Waals surface area contributed by atoms with Gasteiger partial charge in [0.05, 0.1) is 12.7 Å². The molecule has 2 aromatic rings. The molecule has 0 atom stereocenters. The SMILES string of the molecule is CCCCCCc1ccc(OC(=O)c2ccc(OC)cc2)cc1. The number of carbonyl (C=O) groups excluding carboxylic acids is 1. The second kappa shape index (κ2) is 8.99. The largest absolute Gasteiger partial charge is 0.497 e. The van der Waals surface area contributed by atoms with Gasteiger partial charge in [0.25, 0.3) is 0 Å². The third-order valence-corrected chi connectivity index (χ3v) is 3.78. The predicted octanol–water partition coefficient (Wildman–Crippen LogP) is 5.04. The van der Waals surface area contributed by atoms with Gasteiger partial charge >= 0.3 is 5.97 Å². The topological polar surface area (TPSA) is 35.5 Å². The first kappa shape index (κ1) is 17.1. The van der Waals surface area contributed by atoms with E-state index >= 15 is 0 Å². The monoisotopic (exact) mass is 312 g/mol. The first-order chi connectivity index (χ1) is 11.2. The number of methoxy groups -OCH3 is 1. The van der Waals surface area contributed by atoms with Gasteiger partial charge in [-0.25, -0.2) is 4.79 Å². The number of aryl methyl sites for hydroxylation is 1. The Balaban J connectivity index is 1.88. The van der Waals surface area contributed by atoms with Crippen LogP contribution >= 0.6 is 0 Å². The van der Waals surface area contributed by atoms with Crippen LogP contribution in [-0.2, 0) is 6.42 Å². The van der Waals surface area contributed by atoms with E-state index in [0.29, 0.717) is 17.1 Å². The van der Waals surface area contributed by atoms with Gasteiger partial charge < -0.3 is 9.47 Å². The van der Waals surface area contributed by atoms with E-state index in [1.807, 2.05) is 24.3 Å². The molecule has 0 radical (unpaired) electrons. The maximum Gasteiger partial charge on any atom is 0.343 e. The fourth-order valence-corrected chi connectivity index (χ4v) is 2.37. The highest BCUT2D eigenvalue weighted by Crippen LogP contribution is 2.17. The highest BCUT2D eigenvalue weighted by atomic mass is 16.5. The number of unbranched alkanes of at least 4 members (excludes halogenated alkanes) is 3. The van der Waals surface area contributed by atoms with Crippen molar-refractivity contribution in [2.45, 2.75) is 39.0 Å². The smallest absolute Gasteiger partial charge is 0.343 e. The van der Waals surface area contributed by atoms with Crippen molar-refractivity contribution in [1.29, 1.82) is 0 Å². The summed E-state index contributed by atoms with van der Waals surface area (Å²) in [6, 6.07) is 14.7. The molecular formula is C20H24O3. The minimum absolute atomic E-state index is 0.358. The first-order valence-electron chi connectivity index (χ1n) is 8.18. The molecule has 0 bridgehead atoms. The van der Waals surface area contributed by atoms with Gasteiger partial charge in [0.2, 0.25) is 0 Å². The summed E-state index contributed by atoms with van der Waals surface area (Å²) in [4.78, 5) is 12.1. The molecule has 0 fully saturated rings. The average molecular weight is 312 g/mol. The molecule has 3 nitrogen and oxygen atoms in total. The minimum Gasteiger partial charge on any atom is -0.497 e. The summed E-state index contributed by atoms with van der Waals surface area (Å²) >= 11 is 0. The van der Waals surface area contributed by atoms with Crippen LogP contribution in [-0.4, -0.2) is 13.1 Å². The van der Waals surface area contributed by atoms with Gasteiger partial charge in [-0.1, -0.05) is 38.3 Å². The van der Waals surface area contributed by atoms with Crippen LogP contribution in [0.1, 0.15) is 48.5 Å². The Labute approximate surface area is 138 Å². The zero-order chi connectivity index (χ0) is 16.5. The fraction of sp³-hybridized carbons (Fsp3) is 0.350. The lowest BCUT2D eigenvalue weighted by atomic mass is 10.1. The molecule has 0 amide bonds. The van der Waals surface area contributed by atoms with Crippen LogP contribution in [0.25, 0.3) is 0 Å². The van der Waals surface area contributed by atoms with Crippen LogP contribution < -0.4 is 9.47 Å². The molecule has 2 rings (SSSR count). The third-order valence-electron chi connectivity index (χ3n) is 3.78. The van der Waals surface area contributed by atoms with E-state index in [4.69, 9.17) is 9.47 Å². The number of hydrogen-bond donors (Lipinski definition) is 0. The number of rotatable bonds is 8. The quantitative estimate of drug-likeness (QED) is 0.389. The second-order valence-electron chi connectivity index (χ2n) is 5.57. The number of benzene rings is 2. The van der Waals surface area contributed by atoms with E-state index in [9.17, 15) is 4.79 Å². The van der Waals surface area contributed by atoms with Crippen molar-refractivity contribution in [2.24, 2.45) is 0 Å². The molecule has 0 aliphatic heterocycles. The van der Waals surface area contributed by atoms with E-state index in [2.05, 4.69) is 6.92 Å². The molecule has 0 aliphatic rings.